The van der Waals surface area contributed by atoms with Crippen LogP contribution in [0.3, 0.4) is 0 Å². The fraction of sp³-hybridized carbons (Fsp3) is 0.227. The lowest BCUT2D eigenvalue weighted by Gasteiger charge is -2.19. The summed E-state index contributed by atoms with van der Waals surface area (Å²) in [6.45, 7) is 2.64. The maximum absolute atomic E-state index is 12.7. The van der Waals surface area contributed by atoms with Gasteiger partial charge in [-0.2, -0.15) is 5.10 Å². The monoisotopic (exact) mass is 402 g/mol. The lowest BCUT2D eigenvalue weighted by atomic mass is 10.1. The number of amides is 1. The molecule has 0 spiro atoms. The Kier molecular flexibility index (Phi) is 5.65. The zero-order chi connectivity index (χ0) is 20.9. The number of nitrogens with zero attached hydrogens (tertiary/aromatic N) is 5. The Hall–Kier alpha value is -3.81. The van der Waals surface area contributed by atoms with E-state index in [1.54, 1.807) is 17.1 Å². The van der Waals surface area contributed by atoms with E-state index in [9.17, 15) is 9.59 Å². The molecule has 0 aliphatic carbocycles. The van der Waals surface area contributed by atoms with Crippen molar-refractivity contribution in [2.75, 3.05) is 0 Å². The average molecular weight is 402 g/mol. The largest absolute Gasteiger partial charge is 0.347 e. The zero-order valence-electron chi connectivity index (χ0n) is 16.6. The molecule has 0 fully saturated rings. The van der Waals surface area contributed by atoms with E-state index in [0.29, 0.717) is 17.4 Å². The summed E-state index contributed by atoms with van der Waals surface area (Å²) in [6.07, 6.45) is 4.75. The van der Waals surface area contributed by atoms with Crippen molar-refractivity contribution in [3.8, 4) is 0 Å². The molecule has 1 atom stereocenters. The maximum Gasteiger partial charge on any atom is 0.261 e. The predicted molar refractivity (Wildman–Crippen MR) is 113 cm³/mol. The van der Waals surface area contributed by atoms with E-state index in [4.69, 9.17) is 0 Å². The fourth-order valence-corrected chi connectivity index (χ4v) is 3.42. The molecule has 0 aliphatic rings. The lowest BCUT2D eigenvalue weighted by Crippen LogP contribution is -2.33. The van der Waals surface area contributed by atoms with Crippen LogP contribution in [0.15, 0.2) is 72.3 Å². The molecular weight excluding hydrogens is 380 g/mol. The quantitative estimate of drug-likeness (QED) is 0.512. The number of benzene rings is 2. The van der Waals surface area contributed by atoms with Crippen LogP contribution in [0.2, 0.25) is 0 Å². The highest BCUT2D eigenvalue weighted by Gasteiger charge is 2.16. The number of fused-ring (bicyclic) bond motifs is 1. The Morgan fingerprint density at radius 2 is 1.93 bits per heavy atom. The molecule has 0 saturated heterocycles. The van der Waals surface area contributed by atoms with Gasteiger partial charge in [0.25, 0.3) is 5.56 Å². The second kappa shape index (κ2) is 8.69. The van der Waals surface area contributed by atoms with Gasteiger partial charge < -0.3 is 5.32 Å². The van der Waals surface area contributed by atoms with Crippen molar-refractivity contribution < 1.29 is 4.79 Å². The smallest absolute Gasteiger partial charge is 0.261 e. The highest BCUT2D eigenvalue weighted by atomic mass is 16.2. The van der Waals surface area contributed by atoms with Crippen LogP contribution in [0.4, 0.5) is 0 Å². The molecule has 1 N–H and O–H groups in total. The molecule has 2 aromatic heterocycles. The second-order valence-electron chi connectivity index (χ2n) is 7.11. The van der Waals surface area contributed by atoms with Crippen molar-refractivity contribution in [2.45, 2.75) is 32.5 Å². The summed E-state index contributed by atoms with van der Waals surface area (Å²) in [7, 11) is 0. The highest BCUT2D eigenvalue weighted by Crippen LogP contribution is 2.15. The van der Waals surface area contributed by atoms with Gasteiger partial charge in [0.15, 0.2) is 0 Å². The molecule has 30 heavy (non-hydrogen) atoms. The zero-order valence-corrected chi connectivity index (χ0v) is 16.6. The van der Waals surface area contributed by atoms with Gasteiger partial charge >= 0.3 is 0 Å². The van der Waals surface area contributed by atoms with Gasteiger partial charge in [-0.05, 0) is 24.1 Å². The number of carbonyl (C=O) groups excluding carboxylic acids is 1. The normalized spacial score (nSPS) is 12.0. The van der Waals surface area contributed by atoms with E-state index in [0.717, 1.165) is 11.1 Å². The molecule has 1 unspecified atom stereocenters. The van der Waals surface area contributed by atoms with Gasteiger partial charge in [-0.15, -0.1) is 0 Å². The van der Waals surface area contributed by atoms with E-state index >= 15 is 0 Å². The SMILES string of the molecule is Cc1cccc2c(=O)n(CCC(=O)NC(Cn3cncn3)c3ccccc3)cnc12. The second-order valence-corrected chi connectivity index (χ2v) is 7.11. The van der Waals surface area contributed by atoms with Crippen LogP contribution in [0.5, 0.6) is 0 Å². The summed E-state index contributed by atoms with van der Waals surface area (Å²) in [6, 6.07) is 15.0. The number of carbonyl (C=O) groups is 1. The molecule has 2 heterocycles. The third-order valence-electron chi connectivity index (χ3n) is 5.01. The van der Waals surface area contributed by atoms with E-state index in [1.807, 2.05) is 49.4 Å². The van der Waals surface area contributed by atoms with Crippen molar-refractivity contribution >= 4 is 16.8 Å². The third-order valence-corrected chi connectivity index (χ3v) is 5.01. The van der Waals surface area contributed by atoms with E-state index < -0.39 is 0 Å². The van der Waals surface area contributed by atoms with Crippen LogP contribution in [-0.4, -0.2) is 30.2 Å². The number of aryl methyl sites for hydroxylation is 2. The Morgan fingerprint density at radius 3 is 2.70 bits per heavy atom. The van der Waals surface area contributed by atoms with Gasteiger partial charge in [0.2, 0.25) is 5.91 Å². The summed E-state index contributed by atoms with van der Waals surface area (Å²) in [4.78, 5) is 33.7. The minimum Gasteiger partial charge on any atom is -0.347 e. The number of rotatable bonds is 7. The average Bonchev–Trinajstić information content (AvgIpc) is 3.27. The van der Waals surface area contributed by atoms with Gasteiger partial charge in [-0.25, -0.2) is 9.97 Å². The predicted octanol–water partition coefficient (Wildman–Crippen LogP) is 2.24. The Labute approximate surface area is 173 Å². The van der Waals surface area contributed by atoms with Gasteiger partial charge in [0.1, 0.15) is 12.7 Å². The molecule has 0 aliphatic heterocycles. The Balaban J connectivity index is 1.47. The third kappa shape index (κ3) is 4.27. The summed E-state index contributed by atoms with van der Waals surface area (Å²) in [5.41, 5.74) is 2.48. The maximum atomic E-state index is 12.7. The molecule has 8 nitrogen and oxygen atoms in total. The first-order valence-corrected chi connectivity index (χ1v) is 9.73. The van der Waals surface area contributed by atoms with Crippen molar-refractivity contribution in [1.82, 2.24) is 29.6 Å². The number of para-hydroxylation sites is 1. The van der Waals surface area contributed by atoms with Gasteiger partial charge in [-0.1, -0.05) is 42.5 Å². The standard InChI is InChI=1S/C22H22N6O2/c1-16-6-5-9-18-21(16)24-15-27(22(18)30)11-10-20(29)26-19(12-28-14-23-13-25-28)17-7-3-2-4-8-17/h2-9,13-15,19H,10-12H2,1H3,(H,26,29). The molecular formula is C22H22N6O2. The van der Waals surface area contributed by atoms with Crippen LogP contribution in [0, 0.1) is 6.92 Å². The van der Waals surface area contributed by atoms with E-state index in [-0.39, 0.29) is 30.5 Å². The minimum atomic E-state index is -0.255. The van der Waals surface area contributed by atoms with Crippen molar-refractivity contribution in [3.05, 3.63) is 89.0 Å². The number of hydrogen-bond donors (Lipinski definition) is 1. The topological polar surface area (TPSA) is 94.7 Å². The first kappa shape index (κ1) is 19.5. The molecule has 8 heteroatoms. The lowest BCUT2D eigenvalue weighted by molar-refractivity contribution is -0.122. The first-order valence-electron chi connectivity index (χ1n) is 9.73. The minimum absolute atomic E-state index is 0.140. The van der Waals surface area contributed by atoms with Gasteiger partial charge in [0.05, 0.1) is 29.8 Å². The van der Waals surface area contributed by atoms with Crippen molar-refractivity contribution in [2.24, 2.45) is 0 Å². The van der Waals surface area contributed by atoms with Crippen LogP contribution in [-0.2, 0) is 17.9 Å². The van der Waals surface area contributed by atoms with Crippen LogP contribution >= 0.6 is 0 Å². The van der Waals surface area contributed by atoms with Crippen LogP contribution in [0.25, 0.3) is 10.9 Å². The molecule has 4 rings (SSSR count). The molecule has 152 valence electrons. The summed E-state index contributed by atoms with van der Waals surface area (Å²) < 4.78 is 3.16. The Morgan fingerprint density at radius 1 is 1.10 bits per heavy atom. The van der Waals surface area contributed by atoms with Crippen LogP contribution < -0.4 is 10.9 Å². The van der Waals surface area contributed by atoms with Crippen molar-refractivity contribution in [1.29, 1.82) is 0 Å². The molecule has 0 radical (unpaired) electrons. The number of hydrogen-bond acceptors (Lipinski definition) is 5. The van der Waals surface area contributed by atoms with E-state index in [2.05, 4.69) is 20.4 Å². The summed E-state index contributed by atoms with van der Waals surface area (Å²) >= 11 is 0. The van der Waals surface area contributed by atoms with E-state index in [1.165, 1.54) is 17.2 Å². The molecule has 4 aromatic rings. The molecule has 0 bridgehead atoms. The molecule has 0 saturated carbocycles. The first-order chi connectivity index (χ1) is 14.6. The summed E-state index contributed by atoms with van der Waals surface area (Å²) in [5.74, 6) is -0.153. The van der Waals surface area contributed by atoms with Crippen LogP contribution in [0.1, 0.15) is 23.6 Å². The van der Waals surface area contributed by atoms with Gasteiger partial charge in [-0.3, -0.25) is 18.8 Å². The Bertz CT molecular complexity index is 1200. The number of nitrogens with one attached hydrogen (secondary N) is 1. The molecule has 1 amide bonds. The molecule has 2 aromatic carbocycles. The summed E-state index contributed by atoms with van der Waals surface area (Å²) in [5, 5.41) is 7.74. The number of aromatic nitrogens is 5. The van der Waals surface area contributed by atoms with Gasteiger partial charge in [0, 0.05) is 13.0 Å². The van der Waals surface area contributed by atoms with Crippen molar-refractivity contribution in [3.63, 3.8) is 0 Å². The fourth-order valence-electron chi connectivity index (χ4n) is 3.42. The highest BCUT2D eigenvalue weighted by molar-refractivity contribution is 5.80.